The molecular formula is C14H21N3O4. The number of carboxylic acid groups (broad SMARTS) is 1. The van der Waals surface area contributed by atoms with Gasteiger partial charge >= 0.3 is 11.9 Å². The van der Waals surface area contributed by atoms with Crippen LogP contribution >= 0.6 is 0 Å². The number of ether oxygens (including phenoxy) is 1. The highest BCUT2D eigenvalue weighted by Crippen LogP contribution is 2.07. The van der Waals surface area contributed by atoms with Crippen LogP contribution in [0, 0.1) is 0 Å². The molecule has 116 valence electrons. The highest BCUT2D eigenvalue weighted by atomic mass is 16.5. The third-order valence-electron chi connectivity index (χ3n) is 3.14. The molecule has 0 aliphatic heterocycles. The lowest BCUT2D eigenvalue weighted by atomic mass is 10.1. The fraction of sp³-hybridized carbons (Fsp3) is 0.429. The zero-order valence-electron chi connectivity index (χ0n) is 11.9. The van der Waals surface area contributed by atoms with E-state index in [1.54, 1.807) is 0 Å². The lowest BCUT2D eigenvalue weighted by Crippen LogP contribution is -2.48. The van der Waals surface area contributed by atoms with Crippen LogP contribution in [0.1, 0.15) is 18.9 Å². The number of aryl methyl sites for hydroxylation is 1. The molecular weight excluding hydrogens is 274 g/mol. The minimum absolute atomic E-state index is 0.439. The summed E-state index contributed by atoms with van der Waals surface area (Å²) in [5, 5.41) is 8.76. The summed E-state index contributed by atoms with van der Waals surface area (Å²) in [6.45, 7) is 1.43. The van der Waals surface area contributed by atoms with Gasteiger partial charge in [-0.2, -0.15) is 0 Å². The Bertz CT molecular complexity index is 467. The monoisotopic (exact) mass is 295 g/mol. The fourth-order valence-corrected chi connectivity index (χ4v) is 1.76. The number of carbonyl (C=O) groups excluding carboxylic acids is 1. The van der Waals surface area contributed by atoms with Crippen LogP contribution in [0.15, 0.2) is 30.3 Å². The Morgan fingerprint density at radius 3 is 2.48 bits per heavy atom. The molecule has 1 aromatic carbocycles. The summed E-state index contributed by atoms with van der Waals surface area (Å²) < 4.78 is 5.03. The summed E-state index contributed by atoms with van der Waals surface area (Å²) in [7, 11) is 0. The smallest absolute Gasteiger partial charge is 0.324 e. The van der Waals surface area contributed by atoms with Gasteiger partial charge in [-0.05, 0) is 25.3 Å². The van der Waals surface area contributed by atoms with E-state index < -0.39 is 30.1 Å². The molecule has 0 aliphatic carbocycles. The predicted molar refractivity (Wildman–Crippen MR) is 77.0 cm³/mol. The molecule has 0 heterocycles. The summed E-state index contributed by atoms with van der Waals surface area (Å²) in [5.41, 5.74) is 8.84. The van der Waals surface area contributed by atoms with Gasteiger partial charge < -0.3 is 15.6 Å². The second-order valence-electron chi connectivity index (χ2n) is 4.75. The quantitative estimate of drug-likeness (QED) is 0.297. The number of rotatable bonds is 8. The van der Waals surface area contributed by atoms with Crippen molar-refractivity contribution >= 4 is 11.9 Å². The number of hydrogen-bond donors (Lipinski definition) is 4. The second kappa shape index (κ2) is 8.35. The lowest BCUT2D eigenvalue weighted by Gasteiger charge is -2.21. The standard InChI is InChI=1S/C14H21N3O4/c1-9(12(15)13(18)19)21-14(20)11(17-16)8-7-10-5-3-2-4-6-10/h2-6,9,11-12,17H,7-8,15-16H2,1H3,(H,18,19)/t9-,11?,12?/m1/s1. The molecule has 0 aliphatic rings. The molecule has 6 N–H and O–H groups in total. The number of nitrogens with two attached hydrogens (primary N) is 2. The molecule has 1 aromatic rings. The van der Waals surface area contributed by atoms with Gasteiger partial charge in [-0.25, -0.2) is 5.43 Å². The Balaban J connectivity index is 2.51. The normalized spacial score (nSPS) is 15.0. The predicted octanol–water partition coefficient (Wildman–Crippen LogP) is -0.205. The van der Waals surface area contributed by atoms with Gasteiger partial charge in [-0.1, -0.05) is 30.3 Å². The topological polar surface area (TPSA) is 128 Å². The summed E-state index contributed by atoms with van der Waals surface area (Å²) in [5.74, 6) is 3.51. The molecule has 7 heteroatoms. The average molecular weight is 295 g/mol. The van der Waals surface area contributed by atoms with Gasteiger partial charge in [0.15, 0.2) is 0 Å². The molecule has 0 spiro atoms. The zero-order chi connectivity index (χ0) is 15.8. The zero-order valence-corrected chi connectivity index (χ0v) is 11.9. The third-order valence-corrected chi connectivity index (χ3v) is 3.14. The molecule has 0 aromatic heterocycles. The van der Waals surface area contributed by atoms with Crippen molar-refractivity contribution in [2.45, 2.75) is 38.0 Å². The number of hydrazine groups is 1. The first-order valence-electron chi connectivity index (χ1n) is 6.64. The van der Waals surface area contributed by atoms with Gasteiger partial charge in [0.2, 0.25) is 0 Å². The maximum Gasteiger partial charge on any atom is 0.324 e. The van der Waals surface area contributed by atoms with Crippen LogP contribution in [0.5, 0.6) is 0 Å². The molecule has 0 fully saturated rings. The minimum Gasteiger partial charge on any atom is -0.480 e. The average Bonchev–Trinajstić information content (AvgIpc) is 2.47. The summed E-state index contributed by atoms with van der Waals surface area (Å²) in [6.07, 6.45) is 0.154. The van der Waals surface area contributed by atoms with Gasteiger partial charge in [0.25, 0.3) is 0 Å². The van der Waals surface area contributed by atoms with E-state index >= 15 is 0 Å². The Morgan fingerprint density at radius 2 is 1.95 bits per heavy atom. The number of esters is 1. The third kappa shape index (κ3) is 5.50. The fourth-order valence-electron chi connectivity index (χ4n) is 1.76. The Hall–Kier alpha value is -1.96. The van der Waals surface area contributed by atoms with E-state index in [2.05, 4.69) is 5.43 Å². The Labute approximate surface area is 123 Å². The number of benzene rings is 1. The minimum atomic E-state index is -1.26. The number of carbonyl (C=O) groups is 2. The molecule has 21 heavy (non-hydrogen) atoms. The van der Waals surface area contributed by atoms with Crippen molar-refractivity contribution in [3.8, 4) is 0 Å². The molecule has 0 amide bonds. The molecule has 0 saturated carbocycles. The molecule has 7 nitrogen and oxygen atoms in total. The maximum atomic E-state index is 11.9. The van der Waals surface area contributed by atoms with E-state index in [0.29, 0.717) is 12.8 Å². The summed E-state index contributed by atoms with van der Waals surface area (Å²) in [6, 6.07) is 7.64. The number of hydrogen-bond acceptors (Lipinski definition) is 6. The van der Waals surface area contributed by atoms with E-state index in [1.807, 2.05) is 30.3 Å². The molecule has 0 radical (unpaired) electrons. The lowest BCUT2D eigenvalue weighted by molar-refractivity contribution is -0.155. The van der Waals surface area contributed by atoms with Crippen LogP contribution < -0.4 is 17.0 Å². The van der Waals surface area contributed by atoms with E-state index in [-0.39, 0.29) is 0 Å². The molecule has 2 unspecified atom stereocenters. The Kier molecular flexibility index (Phi) is 6.80. The molecule has 0 saturated heterocycles. The van der Waals surface area contributed by atoms with Crippen molar-refractivity contribution in [1.82, 2.24) is 5.43 Å². The van der Waals surface area contributed by atoms with Gasteiger partial charge in [0.1, 0.15) is 18.2 Å². The van der Waals surface area contributed by atoms with Gasteiger partial charge in [0.05, 0.1) is 0 Å². The maximum absolute atomic E-state index is 11.9. The van der Waals surface area contributed by atoms with E-state index in [0.717, 1.165) is 5.56 Å². The van der Waals surface area contributed by atoms with E-state index in [9.17, 15) is 9.59 Å². The van der Waals surface area contributed by atoms with Crippen molar-refractivity contribution in [3.63, 3.8) is 0 Å². The SMILES string of the molecule is C[C@@H](OC(=O)C(CCc1ccccc1)NN)C(N)C(=O)O. The van der Waals surface area contributed by atoms with Crippen LogP contribution in [-0.2, 0) is 20.7 Å². The first-order chi connectivity index (χ1) is 9.95. The largest absolute Gasteiger partial charge is 0.480 e. The number of carboxylic acids is 1. The van der Waals surface area contributed by atoms with Crippen LogP contribution in [0.2, 0.25) is 0 Å². The van der Waals surface area contributed by atoms with E-state index in [1.165, 1.54) is 6.92 Å². The highest BCUT2D eigenvalue weighted by molar-refractivity contribution is 5.78. The number of aliphatic carboxylic acids is 1. The van der Waals surface area contributed by atoms with Crippen LogP contribution in [-0.4, -0.2) is 35.2 Å². The van der Waals surface area contributed by atoms with Crippen molar-refractivity contribution < 1.29 is 19.4 Å². The number of nitrogens with one attached hydrogen (secondary N) is 1. The van der Waals surface area contributed by atoms with Crippen molar-refractivity contribution in [3.05, 3.63) is 35.9 Å². The Morgan fingerprint density at radius 1 is 1.33 bits per heavy atom. The van der Waals surface area contributed by atoms with Gasteiger partial charge in [-0.3, -0.25) is 15.4 Å². The molecule has 1 rings (SSSR count). The van der Waals surface area contributed by atoms with Gasteiger partial charge in [-0.15, -0.1) is 0 Å². The molecule has 3 atom stereocenters. The van der Waals surface area contributed by atoms with Crippen LogP contribution in [0.4, 0.5) is 0 Å². The van der Waals surface area contributed by atoms with Crippen molar-refractivity contribution in [1.29, 1.82) is 0 Å². The van der Waals surface area contributed by atoms with Crippen molar-refractivity contribution in [2.24, 2.45) is 11.6 Å². The van der Waals surface area contributed by atoms with Crippen LogP contribution in [0.3, 0.4) is 0 Å². The first kappa shape index (κ1) is 17.1. The van der Waals surface area contributed by atoms with Gasteiger partial charge in [0, 0.05) is 0 Å². The summed E-state index contributed by atoms with van der Waals surface area (Å²) >= 11 is 0. The summed E-state index contributed by atoms with van der Waals surface area (Å²) in [4.78, 5) is 22.6. The van der Waals surface area contributed by atoms with Crippen LogP contribution in [0.25, 0.3) is 0 Å². The highest BCUT2D eigenvalue weighted by Gasteiger charge is 2.27. The first-order valence-corrected chi connectivity index (χ1v) is 6.64. The molecule has 0 bridgehead atoms. The second-order valence-corrected chi connectivity index (χ2v) is 4.75. The van der Waals surface area contributed by atoms with E-state index in [4.69, 9.17) is 21.4 Å². The van der Waals surface area contributed by atoms with Crippen molar-refractivity contribution in [2.75, 3.05) is 0 Å².